The molecule has 0 aliphatic carbocycles. The van der Waals surface area contributed by atoms with E-state index in [-0.39, 0.29) is 30.3 Å². The maximum absolute atomic E-state index is 12.4. The van der Waals surface area contributed by atoms with Crippen molar-refractivity contribution in [3.05, 3.63) is 0 Å². The van der Waals surface area contributed by atoms with Gasteiger partial charge in [0.15, 0.2) is 0 Å². The van der Waals surface area contributed by atoms with E-state index < -0.39 is 5.60 Å². The molecule has 7 nitrogen and oxygen atoms in total. The number of carbonyl (C=O) groups is 2. The van der Waals surface area contributed by atoms with Crippen molar-refractivity contribution in [1.29, 1.82) is 0 Å². The first kappa shape index (κ1) is 26.1. The van der Waals surface area contributed by atoms with Gasteiger partial charge in [-0.3, -0.25) is 9.59 Å². The molecular formula is C24H46N4O3. The highest BCUT2D eigenvalue weighted by Gasteiger charge is 2.33. The van der Waals surface area contributed by atoms with E-state index in [2.05, 4.69) is 41.3 Å². The van der Waals surface area contributed by atoms with Gasteiger partial charge >= 0.3 is 0 Å². The lowest BCUT2D eigenvalue weighted by molar-refractivity contribution is -0.129. The summed E-state index contributed by atoms with van der Waals surface area (Å²) in [5.41, 5.74) is -0.847. The van der Waals surface area contributed by atoms with Crippen LogP contribution in [0.5, 0.6) is 0 Å². The number of piperidine rings is 2. The van der Waals surface area contributed by atoms with Crippen LogP contribution in [0.2, 0.25) is 0 Å². The van der Waals surface area contributed by atoms with E-state index in [1.54, 1.807) is 0 Å². The highest BCUT2D eigenvalue weighted by Crippen LogP contribution is 2.25. The van der Waals surface area contributed by atoms with Gasteiger partial charge in [-0.1, -0.05) is 0 Å². The third-order valence-corrected chi connectivity index (χ3v) is 7.03. The average molecular weight is 439 g/mol. The molecule has 2 unspecified atom stereocenters. The fourth-order valence-corrected chi connectivity index (χ4v) is 4.82. The fraction of sp³-hybridized carbons (Fsp3) is 0.917. The van der Waals surface area contributed by atoms with Crippen molar-refractivity contribution in [1.82, 2.24) is 20.4 Å². The number of rotatable bonds is 10. The first-order chi connectivity index (χ1) is 14.6. The Morgan fingerprint density at radius 3 is 2.16 bits per heavy atom. The van der Waals surface area contributed by atoms with Gasteiger partial charge in [0, 0.05) is 37.6 Å². The van der Waals surface area contributed by atoms with E-state index in [0.717, 1.165) is 51.9 Å². The summed E-state index contributed by atoms with van der Waals surface area (Å²) in [5, 5.41) is 16.7. The van der Waals surface area contributed by atoms with E-state index >= 15 is 0 Å². The number of nitrogens with zero attached hydrogens (tertiary/aromatic N) is 2. The van der Waals surface area contributed by atoms with Crippen LogP contribution in [-0.2, 0) is 9.59 Å². The summed E-state index contributed by atoms with van der Waals surface area (Å²) in [6, 6.07) is 0.798. The van der Waals surface area contributed by atoms with Gasteiger partial charge in [-0.05, 0) is 92.3 Å². The highest BCUT2D eigenvalue weighted by atomic mass is 16.3. The van der Waals surface area contributed by atoms with Crippen molar-refractivity contribution in [3.8, 4) is 0 Å². The number of amides is 2. The van der Waals surface area contributed by atoms with Crippen molar-refractivity contribution in [2.24, 2.45) is 5.92 Å². The van der Waals surface area contributed by atoms with Crippen molar-refractivity contribution < 1.29 is 14.7 Å². The lowest BCUT2D eigenvalue weighted by atomic mass is 9.88. The topological polar surface area (TPSA) is 84.9 Å². The second-order valence-corrected chi connectivity index (χ2v) is 10.5. The normalized spacial score (nSPS) is 22.8. The molecule has 2 amide bonds. The van der Waals surface area contributed by atoms with Crippen LogP contribution in [0.25, 0.3) is 0 Å². The Morgan fingerprint density at radius 2 is 1.58 bits per heavy atom. The summed E-state index contributed by atoms with van der Waals surface area (Å²) in [6.45, 7) is 12.1. The Balaban J connectivity index is 1.63. The molecule has 2 aliphatic heterocycles. The molecule has 7 heteroatoms. The van der Waals surface area contributed by atoms with Gasteiger partial charge in [-0.15, -0.1) is 0 Å². The molecule has 3 N–H and O–H groups in total. The van der Waals surface area contributed by atoms with Gasteiger partial charge in [-0.2, -0.15) is 0 Å². The van der Waals surface area contributed by atoms with Gasteiger partial charge in [0.05, 0.1) is 12.0 Å². The summed E-state index contributed by atoms with van der Waals surface area (Å²) < 4.78 is 0. The third-order valence-electron chi connectivity index (χ3n) is 7.03. The van der Waals surface area contributed by atoms with Crippen molar-refractivity contribution >= 4 is 11.8 Å². The Hall–Kier alpha value is -1.18. The number of aliphatic hydroxyl groups is 1. The van der Waals surface area contributed by atoms with Crippen molar-refractivity contribution in [2.45, 2.75) is 103 Å². The van der Waals surface area contributed by atoms with E-state index in [1.165, 1.54) is 0 Å². The lowest BCUT2D eigenvalue weighted by Gasteiger charge is -2.37. The SMILES string of the molecule is CC(C)NC(=O)CC1CCN(C(C)CCC(C)NC(=O)CC2(O)CCN(C)CC2)CC1. The maximum atomic E-state index is 12.4. The number of hydrogen-bond donors (Lipinski definition) is 3. The van der Waals surface area contributed by atoms with Crippen LogP contribution < -0.4 is 10.6 Å². The predicted molar refractivity (Wildman–Crippen MR) is 125 cm³/mol. The zero-order valence-electron chi connectivity index (χ0n) is 20.5. The largest absolute Gasteiger partial charge is 0.389 e. The fourth-order valence-electron chi connectivity index (χ4n) is 4.82. The molecule has 2 atom stereocenters. The summed E-state index contributed by atoms with van der Waals surface area (Å²) in [6.07, 6.45) is 6.31. The zero-order chi connectivity index (χ0) is 23.0. The molecule has 0 bridgehead atoms. The molecule has 0 radical (unpaired) electrons. The molecule has 0 aromatic carbocycles. The molecule has 180 valence electrons. The van der Waals surface area contributed by atoms with Crippen LogP contribution >= 0.6 is 0 Å². The molecule has 0 aromatic rings. The number of likely N-dealkylation sites (tertiary alicyclic amines) is 2. The van der Waals surface area contributed by atoms with Crippen LogP contribution in [0.1, 0.15) is 79.1 Å². The van der Waals surface area contributed by atoms with Crippen LogP contribution in [0.4, 0.5) is 0 Å². The number of carbonyl (C=O) groups excluding carboxylic acids is 2. The minimum absolute atomic E-state index is 0.0345. The minimum Gasteiger partial charge on any atom is -0.389 e. The van der Waals surface area contributed by atoms with Crippen LogP contribution in [0.3, 0.4) is 0 Å². The zero-order valence-corrected chi connectivity index (χ0v) is 20.5. The van der Waals surface area contributed by atoms with Crippen LogP contribution in [0, 0.1) is 5.92 Å². The van der Waals surface area contributed by atoms with Crippen LogP contribution in [-0.4, -0.2) is 83.7 Å². The van der Waals surface area contributed by atoms with Gasteiger partial charge < -0.3 is 25.5 Å². The molecule has 0 aromatic heterocycles. The van der Waals surface area contributed by atoms with Gasteiger partial charge in [0.2, 0.25) is 11.8 Å². The Morgan fingerprint density at radius 1 is 0.968 bits per heavy atom. The number of nitrogens with one attached hydrogen (secondary N) is 2. The molecule has 2 aliphatic rings. The second-order valence-electron chi connectivity index (χ2n) is 10.5. The van der Waals surface area contributed by atoms with Crippen molar-refractivity contribution in [2.75, 3.05) is 33.2 Å². The molecule has 0 saturated carbocycles. The second kappa shape index (κ2) is 12.2. The Labute approximate surface area is 189 Å². The molecule has 2 rings (SSSR count). The first-order valence-corrected chi connectivity index (χ1v) is 12.3. The molecule has 0 spiro atoms. The molecule has 2 saturated heterocycles. The van der Waals surface area contributed by atoms with Crippen molar-refractivity contribution in [3.63, 3.8) is 0 Å². The van der Waals surface area contributed by atoms with E-state index in [9.17, 15) is 14.7 Å². The van der Waals surface area contributed by atoms with Gasteiger partial charge in [0.25, 0.3) is 0 Å². The van der Waals surface area contributed by atoms with E-state index in [4.69, 9.17) is 0 Å². The Bertz CT molecular complexity index is 567. The Kier molecular flexibility index (Phi) is 10.2. The first-order valence-electron chi connectivity index (χ1n) is 12.3. The molecule has 31 heavy (non-hydrogen) atoms. The summed E-state index contributed by atoms with van der Waals surface area (Å²) in [5.74, 6) is 0.634. The summed E-state index contributed by atoms with van der Waals surface area (Å²) in [7, 11) is 2.05. The molecule has 2 heterocycles. The maximum Gasteiger partial charge on any atom is 0.223 e. The van der Waals surface area contributed by atoms with Gasteiger partial charge in [-0.25, -0.2) is 0 Å². The quantitative estimate of drug-likeness (QED) is 0.487. The number of hydrogen-bond acceptors (Lipinski definition) is 5. The minimum atomic E-state index is -0.847. The van der Waals surface area contributed by atoms with E-state index in [1.807, 2.05) is 13.8 Å². The van der Waals surface area contributed by atoms with Gasteiger partial charge in [0.1, 0.15) is 0 Å². The third kappa shape index (κ3) is 9.46. The average Bonchev–Trinajstić information content (AvgIpc) is 2.68. The molecule has 2 fully saturated rings. The lowest BCUT2D eigenvalue weighted by Crippen LogP contribution is -2.47. The predicted octanol–water partition coefficient (Wildman–Crippen LogP) is 2.13. The van der Waals surface area contributed by atoms with Crippen LogP contribution in [0.15, 0.2) is 0 Å². The smallest absolute Gasteiger partial charge is 0.223 e. The monoisotopic (exact) mass is 438 g/mol. The van der Waals surface area contributed by atoms with E-state index in [0.29, 0.717) is 31.2 Å². The highest BCUT2D eigenvalue weighted by molar-refractivity contribution is 5.77. The molecular weight excluding hydrogens is 392 g/mol. The standard InChI is InChI=1S/C24H46N4O3/c1-18(2)25-22(29)16-21-8-12-28(13-9-21)20(4)7-6-19(3)26-23(30)17-24(31)10-14-27(5)15-11-24/h18-21,31H,6-17H2,1-5H3,(H,25,29)(H,26,30). The summed E-state index contributed by atoms with van der Waals surface area (Å²) >= 11 is 0. The summed E-state index contributed by atoms with van der Waals surface area (Å²) in [4.78, 5) is 29.1.